The zero-order valence-corrected chi connectivity index (χ0v) is 19.3. The Balaban J connectivity index is 1.29. The van der Waals surface area contributed by atoms with E-state index in [1.165, 1.54) is 18.4 Å². The Hall–Kier alpha value is -2.61. The third-order valence-electron chi connectivity index (χ3n) is 7.59. The molecule has 0 radical (unpaired) electrons. The second-order valence-electron chi connectivity index (χ2n) is 9.93. The predicted octanol–water partition coefficient (Wildman–Crippen LogP) is 2.64. The molecule has 1 spiro atoms. The monoisotopic (exact) mass is 453 g/mol. The van der Waals surface area contributed by atoms with Crippen LogP contribution in [-0.2, 0) is 16.2 Å². The molecule has 0 unspecified atom stereocenters. The lowest BCUT2D eigenvalue weighted by Gasteiger charge is -2.44. The molecule has 1 saturated carbocycles. The third-order valence-corrected chi connectivity index (χ3v) is 7.59. The number of carbonyl (C=O) groups is 2. The average molecular weight is 454 g/mol. The Kier molecular flexibility index (Phi) is 6.53. The lowest BCUT2D eigenvalue weighted by atomic mass is 9.83. The topological polar surface area (TPSA) is 86.3 Å². The standard InChI is InChI=1S/C25H35N5O3/c31-23(29-13-6-7-14-29)21-16-25(33-28-21)18-30(24(32)27-20-10-4-5-11-20)15-12-22(25)26-17-19-8-2-1-3-9-19/h1-3,8-9,20,22,26H,4-7,10-18H2,(H,27,32)/t22-,25+/m0/s1. The summed E-state index contributed by atoms with van der Waals surface area (Å²) >= 11 is 0. The van der Waals surface area contributed by atoms with Crippen LogP contribution in [0.5, 0.6) is 0 Å². The van der Waals surface area contributed by atoms with Gasteiger partial charge in [0, 0.05) is 38.6 Å². The first-order valence-electron chi connectivity index (χ1n) is 12.5. The minimum Gasteiger partial charge on any atom is -0.385 e. The fraction of sp³-hybridized carbons (Fsp3) is 0.640. The van der Waals surface area contributed by atoms with Crippen molar-refractivity contribution in [1.29, 1.82) is 0 Å². The minimum atomic E-state index is -0.717. The molecule has 4 aliphatic rings. The van der Waals surface area contributed by atoms with Gasteiger partial charge < -0.3 is 25.3 Å². The first-order chi connectivity index (χ1) is 16.1. The number of piperidine rings is 1. The van der Waals surface area contributed by atoms with E-state index in [4.69, 9.17) is 4.84 Å². The number of oxime groups is 1. The van der Waals surface area contributed by atoms with E-state index in [2.05, 4.69) is 27.9 Å². The smallest absolute Gasteiger partial charge is 0.317 e. The molecule has 1 aromatic rings. The van der Waals surface area contributed by atoms with Gasteiger partial charge in [-0.2, -0.15) is 0 Å². The van der Waals surface area contributed by atoms with E-state index >= 15 is 0 Å². The van der Waals surface area contributed by atoms with Crippen molar-refractivity contribution in [2.24, 2.45) is 5.16 Å². The Morgan fingerprint density at radius 2 is 1.76 bits per heavy atom. The van der Waals surface area contributed by atoms with Crippen molar-refractivity contribution < 1.29 is 14.4 Å². The Morgan fingerprint density at radius 1 is 1.00 bits per heavy atom. The van der Waals surface area contributed by atoms with Gasteiger partial charge in [0.1, 0.15) is 5.71 Å². The molecule has 3 heterocycles. The predicted molar refractivity (Wildman–Crippen MR) is 126 cm³/mol. The third kappa shape index (κ3) is 4.86. The average Bonchev–Trinajstić information content (AvgIpc) is 3.61. The molecule has 33 heavy (non-hydrogen) atoms. The van der Waals surface area contributed by atoms with Crippen molar-refractivity contribution in [2.45, 2.75) is 75.6 Å². The number of nitrogens with zero attached hydrogens (tertiary/aromatic N) is 3. The molecule has 8 heteroatoms. The summed E-state index contributed by atoms with van der Waals surface area (Å²) in [5, 5.41) is 11.1. The summed E-state index contributed by atoms with van der Waals surface area (Å²) in [6.07, 6.45) is 7.75. The highest BCUT2D eigenvalue weighted by molar-refractivity contribution is 6.39. The molecular weight excluding hydrogens is 418 g/mol. The normalized spacial score (nSPS) is 27.6. The van der Waals surface area contributed by atoms with E-state index in [9.17, 15) is 9.59 Å². The molecule has 2 saturated heterocycles. The Bertz CT molecular complexity index is 879. The van der Waals surface area contributed by atoms with E-state index < -0.39 is 5.60 Å². The maximum atomic E-state index is 13.0. The molecule has 178 valence electrons. The fourth-order valence-corrected chi connectivity index (χ4v) is 5.68. The van der Waals surface area contributed by atoms with Gasteiger partial charge in [-0.05, 0) is 37.7 Å². The Morgan fingerprint density at radius 3 is 2.52 bits per heavy atom. The minimum absolute atomic E-state index is 0.000801. The van der Waals surface area contributed by atoms with Gasteiger partial charge in [-0.3, -0.25) is 4.79 Å². The number of likely N-dealkylation sites (tertiary alicyclic amines) is 2. The second-order valence-corrected chi connectivity index (χ2v) is 9.93. The van der Waals surface area contributed by atoms with Gasteiger partial charge in [0.15, 0.2) is 5.60 Å². The maximum absolute atomic E-state index is 13.0. The highest BCUT2D eigenvalue weighted by Gasteiger charge is 2.52. The van der Waals surface area contributed by atoms with E-state index in [0.717, 1.165) is 45.2 Å². The fourth-order valence-electron chi connectivity index (χ4n) is 5.68. The first kappa shape index (κ1) is 22.2. The maximum Gasteiger partial charge on any atom is 0.317 e. The molecule has 2 atom stereocenters. The lowest BCUT2D eigenvalue weighted by Crippen LogP contribution is -2.64. The van der Waals surface area contributed by atoms with E-state index in [-0.39, 0.29) is 24.0 Å². The van der Waals surface area contributed by atoms with Crippen LogP contribution in [0.3, 0.4) is 0 Å². The molecule has 5 rings (SSSR count). The summed E-state index contributed by atoms with van der Waals surface area (Å²) in [7, 11) is 0. The van der Waals surface area contributed by atoms with Crippen LogP contribution in [0.2, 0.25) is 0 Å². The van der Waals surface area contributed by atoms with Crippen LogP contribution in [0.4, 0.5) is 4.79 Å². The summed E-state index contributed by atoms with van der Waals surface area (Å²) < 4.78 is 0. The molecule has 0 aromatic heterocycles. The summed E-state index contributed by atoms with van der Waals surface area (Å²) in [4.78, 5) is 35.9. The van der Waals surface area contributed by atoms with Gasteiger partial charge in [0.2, 0.25) is 0 Å². The number of hydrogen-bond acceptors (Lipinski definition) is 5. The number of urea groups is 1. The SMILES string of the molecule is O=C(NC1CCCC1)N1CC[C@H](NCc2ccccc2)[C@@]2(CC(C(=O)N3CCCC3)=NO2)C1. The van der Waals surface area contributed by atoms with Gasteiger partial charge in [-0.15, -0.1) is 0 Å². The quantitative estimate of drug-likeness (QED) is 0.718. The van der Waals surface area contributed by atoms with Crippen LogP contribution in [0.25, 0.3) is 0 Å². The largest absolute Gasteiger partial charge is 0.385 e. The second kappa shape index (κ2) is 9.71. The highest BCUT2D eigenvalue weighted by atomic mass is 16.7. The van der Waals surface area contributed by atoms with Crippen LogP contribution < -0.4 is 10.6 Å². The van der Waals surface area contributed by atoms with Gasteiger partial charge in [0.25, 0.3) is 5.91 Å². The number of carbonyl (C=O) groups excluding carboxylic acids is 2. The van der Waals surface area contributed by atoms with Crippen LogP contribution in [-0.4, -0.2) is 71.3 Å². The summed E-state index contributed by atoms with van der Waals surface area (Å²) in [6, 6.07) is 10.5. The zero-order chi connectivity index (χ0) is 22.7. The molecule has 3 aliphatic heterocycles. The van der Waals surface area contributed by atoms with Gasteiger partial charge >= 0.3 is 6.03 Å². The number of rotatable bonds is 5. The van der Waals surface area contributed by atoms with Gasteiger partial charge in [-0.25, -0.2) is 4.79 Å². The molecule has 3 amide bonds. The molecule has 1 aliphatic carbocycles. The van der Waals surface area contributed by atoms with Gasteiger partial charge in [-0.1, -0.05) is 48.3 Å². The number of benzene rings is 1. The van der Waals surface area contributed by atoms with Crippen molar-refractivity contribution in [3.05, 3.63) is 35.9 Å². The van der Waals surface area contributed by atoms with Crippen LogP contribution in [0.1, 0.15) is 56.9 Å². The van der Waals surface area contributed by atoms with Crippen LogP contribution in [0.15, 0.2) is 35.5 Å². The van der Waals surface area contributed by atoms with E-state index in [1.54, 1.807) is 0 Å². The van der Waals surface area contributed by atoms with Crippen molar-refractivity contribution in [1.82, 2.24) is 20.4 Å². The van der Waals surface area contributed by atoms with Crippen molar-refractivity contribution in [3.8, 4) is 0 Å². The van der Waals surface area contributed by atoms with Gasteiger partial charge in [0.05, 0.1) is 12.6 Å². The first-order valence-corrected chi connectivity index (χ1v) is 12.5. The summed E-state index contributed by atoms with van der Waals surface area (Å²) in [6.45, 7) is 3.37. The zero-order valence-electron chi connectivity index (χ0n) is 19.3. The summed E-state index contributed by atoms with van der Waals surface area (Å²) in [5.74, 6) is -0.0151. The molecule has 1 aromatic carbocycles. The van der Waals surface area contributed by atoms with Crippen molar-refractivity contribution >= 4 is 17.6 Å². The van der Waals surface area contributed by atoms with Crippen molar-refractivity contribution in [3.63, 3.8) is 0 Å². The van der Waals surface area contributed by atoms with E-state index in [1.807, 2.05) is 28.0 Å². The number of hydrogen-bond donors (Lipinski definition) is 2. The Labute approximate surface area is 195 Å². The highest BCUT2D eigenvalue weighted by Crippen LogP contribution is 2.35. The molecule has 0 bridgehead atoms. The molecule has 2 N–H and O–H groups in total. The van der Waals surface area contributed by atoms with Crippen molar-refractivity contribution in [2.75, 3.05) is 26.2 Å². The van der Waals surface area contributed by atoms with E-state index in [0.29, 0.717) is 31.8 Å². The number of nitrogens with one attached hydrogen (secondary N) is 2. The molecule has 8 nitrogen and oxygen atoms in total. The lowest BCUT2D eigenvalue weighted by molar-refractivity contribution is -0.123. The summed E-state index contributed by atoms with van der Waals surface area (Å²) in [5.41, 5.74) is 0.966. The van der Waals surface area contributed by atoms with Crippen LogP contribution >= 0.6 is 0 Å². The van der Waals surface area contributed by atoms with Crippen LogP contribution in [0, 0.1) is 0 Å². The molecule has 3 fully saturated rings. The number of amides is 3. The molecular formula is C25H35N5O3.